The minimum absolute atomic E-state index is 0.130. The number of rotatable bonds is 11. The zero-order chi connectivity index (χ0) is 15.3. The van der Waals surface area contributed by atoms with Gasteiger partial charge in [0.2, 0.25) is 0 Å². The number of hydrogen-bond donors (Lipinski definition) is 1. The molecule has 0 aliphatic carbocycles. The second-order valence-corrected chi connectivity index (χ2v) is 5.08. The van der Waals surface area contributed by atoms with Crippen LogP contribution in [0.3, 0.4) is 0 Å². The second-order valence-electron chi connectivity index (χ2n) is 5.08. The average Bonchev–Trinajstić information content (AvgIpc) is 2.49. The number of carboxylic acid groups (broad SMARTS) is 1. The van der Waals surface area contributed by atoms with Crippen molar-refractivity contribution in [2.45, 2.75) is 51.9 Å². The van der Waals surface area contributed by atoms with Gasteiger partial charge in [0.05, 0.1) is 0 Å². The summed E-state index contributed by atoms with van der Waals surface area (Å²) >= 11 is 0. The Morgan fingerprint density at radius 3 is 2.57 bits per heavy atom. The van der Waals surface area contributed by atoms with Crippen molar-refractivity contribution in [1.82, 2.24) is 0 Å². The summed E-state index contributed by atoms with van der Waals surface area (Å²) < 4.78 is 0. The first-order valence-corrected chi connectivity index (χ1v) is 7.70. The lowest BCUT2D eigenvalue weighted by Crippen LogP contribution is -2.13. The lowest BCUT2D eigenvalue weighted by Gasteiger charge is -2.03. The minimum Gasteiger partial charge on any atom is -0.477 e. The molecule has 1 aromatic carbocycles. The molecule has 1 N–H and O–H groups in total. The first-order valence-electron chi connectivity index (χ1n) is 7.70. The molecule has 1 aromatic rings. The van der Waals surface area contributed by atoms with Crippen LogP contribution in [0.2, 0.25) is 0 Å². The normalized spacial score (nSPS) is 11.4. The van der Waals surface area contributed by atoms with Crippen molar-refractivity contribution in [2.75, 3.05) is 6.61 Å². The quantitative estimate of drug-likeness (QED) is 0.380. The summed E-state index contributed by atoms with van der Waals surface area (Å²) in [6.45, 7) is 2.57. The van der Waals surface area contributed by atoms with E-state index in [9.17, 15) is 4.79 Å². The Hall–Kier alpha value is -1.84. The fourth-order valence-electron chi connectivity index (χ4n) is 2.02. The molecule has 0 bridgehead atoms. The van der Waals surface area contributed by atoms with E-state index in [4.69, 9.17) is 9.94 Å². The molecule has 116 valence electrons. The molecule has 0 aliphatic rings. The maximum Gasteiger partial charge on any atom is 0.353 e. The number of aryl methyl sites for hydroxylation is 1. The number of carbonyl (C=O) groups is 1. The van der Waals surface area contributed by atoms with Gasteiger partial charge in [-0.25, -0.2) is 4.79 Å². The standard InChI is InChI=1S/C17H25NO3/c1-2-3-4-8-13-16(17(19)20)18-21-14-9-12-15-10-6-5-7-11-15/h5-7,10-11H,2-4,8-9,12-14H2,1H3,(H,19,20). The van der Waals surface area contributed by atoms with Crippen LogP contribution in [0.5, 0.6) is 0 Å². The molecule has 0 unspecified atom stereocenters. The number of oxime groups is 1. The van der Waals surface area contributed by atoms with E-state index in [1.165, 1.54) is 5.56 Å². The number of unbranched alkanes of at least 4 members (excludes halogenated alkanes) is 3. The topological polar surface area (TPSA) is 58.9 Å². The monoisotopic (exact) mass is 291 g/mol. The van der Waals surface area contributed by atoms with E-state index in [1.807, 2.05) is 18.2 Å². The molecule has 0 saturated heterocycles. The predicted molar refractivity (Wildman–Crippen MR) is 84.5 cm³/mol. The number of hydrogen-bond acceptors (Lipinski definition) is 3. The largest absolute Gasteiger partial charge is 0.477 e. The fourth-order valence-corrected chi connectivity index (χ4v) is 2.02. The molecule has 0 aliphatic heterocycles. The van der Waals surface area contributed by atoms with Gasteiger partial charge in [0.1, 0.15) is 6.61 Å². The molecule has 0 aromatic heterocycles. The first kappa shape index (κ1) is 17.2. The number of aliphatic carboxylic acids is 1. The van der Waals surface area contributed by atoms with Crippen LogP contribution in [-0.4, -0.2) is 23.4 Å². The highest BCUT2D eigenvalue weighted by molar-refractivity contribution is 6.35. The molecule has 0 spiro atoms. The predicted octanol–water partition coefficient (Wildman–Crippen LogP) is 4.05. The third kappa shape index (κ3) is 8.12. The Labute approximate surface area is 126 Å². The molecular formula is C17H25NO3. The van der Waals surface area contributed by atoms with Crippen LogP contribution in [-0.2, 0) is 16.1 Å². The van der Waals surface area contributed by atoms with Crippen LogP contribution >= 0.6 is 0 Å². The van der Waals surface area contributed by atoms with Crippen LogP contribution < -0.4 is 0 Å². The molecule has 0 atom stereocenters. The van der Waals surface area contributed by atoms with Crippen molar-refractivity contribution in [3.63, 3.8) is 0 Å². The maximum atomic E-state index is 11.0. The van der Waals surface area contributed by atoms with Gasteiger partial charge in [-0.2, -0.15) is 0 Å². The van der Waals surface area contributed by atoms with Gasteiger partial charge in [0.25, 0.3) is 0 Å². The van der Waals surface area contributed by atoms with Crippen molar-refractivity contribution in [3.8, 4) is 0 Å². The zero-order valence-corrected chi connectivity index (χ0v) is 12.8. The Morgan fingerprint density at radius 1 is 1.14 bits per heavy atom. The summed E-state index contributed by atoms with van der Waals surface area (Å²) in [4.78, 5) is 16.2. The van der Waals surface area contributed by atoms with E-state index in [1.54, 1.807) is 0 Å². The summed E-state index contributed by atoms with van der Waals surface area (Å²) in [5.41, 5.74) is 1.38. The molecule has 0 heterocycles. The third-order valence-corrected chi connectivity index (χ3v) is 3.23. The fraction of sp³-hybridized carbons (Fsp3) is 0.529. The smallest absolute Gasteiger partial charge is 0.353 e. The third-order valence-electron chi connectivity index (χ3n) is 3.23. The molecule has 0 fully saturated rings. The van der Waals surface area contributed by atoms with Crippen LogP contribution in [0.1, 0.15) is 51.0 Å². The second kappa shape index (κ2) is 10.9. The van der Waals surface area contributed by atoms with Gasteiger partial charge in [-0.05, 0) is 24.8 Å². The zero-order valence-electron chi connectivity index (χ0n) is 12.8. The highest BCUT2D eigenvalue weighted by Crippen LogP contribution is 2.05. The van der Waals surface area contributed by atoms with E-state index in [2.05, 4.69) is 24.2 Å². The van der Waals surface area contributed by atoms with Gasteiger partial charge in [-0.1, -0.05) is 61.7 Å². The van der Waals surface area contributed by atoms with Crippen molar-refractivity contribution in [2.24, 2.45) is 5.16 Å². The molecular weight excluding hydrogens is 266 g/mol. The van der Waals surface area contributed by atoms with E-state index >= 15 is 0 Å². The lowest BCUT2D eigenvalue weighted by molar-refractivity contribution is -0.129. The van der Waals surface area contributed by atoms with Crippen molar-refractivity contribution >= 4 is 11.7 Å². The maximum absolute atomic E-state index is 11.0. The summed E-state index contributed by atoms with van der Waals surface area (Å²) in [6.07, 6.45) is 6.38. The highest BCUT2D eigenvalue weighted by Gasteiger charge is 2.09. The summed E-state index contributed by atoms with van der Waals surface area (Å²) in [5, 5.41) is 12.8. The molecule has 4 nitrogen and oxygen atoms in total. The van der Waals surface area contributed by atoms with Gasteiger partial charge in [-0.3, -0.25) is 0 Å². The van der Waals surface area contributed by atoms with Crippen LogP contribution in [0, 0.1) is 0 Å². The van der Waals surface area contributed by atoms with Crippen LogP contribution in [0.15, 0.2) is 35.5 Å². The molecule has 0 radical (unpaired) electrons. The summed E-state index contributed by atoms with van der Waals surface area (Å²) in [5.74, 6) is -0.977. The minimum atomic E-state index is -0.977. The molecule has 0 saturated carbocycles. The summed E-state index contributed by atoms with van der Waals surface area (Å²) in [6, 6.07) is 10.1. The van der Waals surface area contributed by atoms with E-state index in [0.717, 1.165) is 38.5 Å². The Kier molecular flexibility index (Phi) is 8.93. The lowest BCUT2D eigenvalue weighted by atomic mass is 10.1. The van der Waals surface area contributed by atoms with E-state index < -0.39 is 5.97 Å². The highest BCUT2D eigenvalue weighted by atomic mass is 16.6. The average molecular weight is 291 g/mol. The molecule has 21 heavy (non-hydrogen) atoms. The van der Waals surface area contributed by atoms with Gasteiger partial charge in [0, 0.05) is 6.42 Å². The van der Waals surface area contributed by atoms with E-state index in [0.29, 0.717) is 13.0 Å². The Morgan fingerprint density at radius 2 is 1.90 bits per heavy atom. The molecule has 0 amide bonds. The van der Waals surface area contributed by atoms with Crippen molar-refractivity contribution in [1.29, 1.82) is 0 Å². The number of nitrogens with zero attached hydrogens (tertiary/aromatic N) is 1. The first-order chi connectivity index (χ1) is 10.2. The number of carboxylic acids is 1. The van der Waals surface area contributed by atoms with E-state index in [-0.39, 0.29) is 5.71 Å². The summed E-state index contributed by atoms with van der Waals surface area (Å²) in [7, 11) is 0. The van der Waals surface area contributed by atoms with Crippen LogP contribution in [0.4, 0.5) is 0 Å². The van der Waals surface area contributed by atoms with Gasteiger partial charge >= 0.3 is 5.97 Å². The van der Waals surface area contributed by atoms with Gasteiger partial charge in [-0.15, -0.1) is 0 Å². The molecule has 4 heteroatoms. The SMILES string of the molecule is CCCCCCC(=NOCCCc1ccccc1)C(=O)O. The van der Waals surface area contributed by atoms with Gasteiger partial charge < -0.3 is 9.94 Å². The van der Waals surface area contributed by atoms with Crippen LogP contribution in [0.25, 0.3) is 0 Å². The Balaban J connectivity index is 2.22. The molecule has 1 rings (SSSR count). The number of benzene rings is 1. The Bertz CT molecular complexity index is 429. The van der Waals surface area contributed by atoms with Gasteiger partial charge in [0.15, 0.2) is 5.71 Å². The van der Waals surface area contributed by atoms with Crippen molar-refractivity contribution in [3.05, 3.63) is 35.9 Å². The van der Waals surface area contributed by atoms with Crippen molar-refractivity contribution < 1.29 is 14.7 Å².